The summed E-state index contributed by atoms with van der Waals surface area (Å²) in [6, 6.07) is 10.2. The fourth-order valence-electron chi connectivity index (χ4n) is 2.90. The highest BCUT2D eigenvalue weighted by atomic mass is 32.1. The van der Waals surface area contributed by atoms with E-state index in [2.05, 4.69) is 4.98 Å². The van der Waals surface area contributed by atoms with Crippen LogP contribution in [0, 0.1) is 5.82 Å². The Morgan fingerprint density at radius 1 is 1.17 bits per heavy atom. The SMILES string of the molecule is CN(CC(=O)O)C(=S)c1cc(-c2ccc(F)cc2)nc2c(C(F)(F)F)cccc12. The Morgan fingerprint density at radius 3 is 2.41 bits per heavy atom. The van der Waals surface area contributed by atoms with Gasteiger partial charge in [-0.25, -0.2) is 9.37 Å². The molecule has 1 N–H and O–H groups in total. The number of fused-ring (bicyclic) bond motifs is 1. The number of nitrogens with zero attached hydrogens (tertiary/aromatic N) is 2. The van der Waals surface area contributed by atoms with Gasteiger partial charge in [-0.1, -0.05) is 24.4 Å². The normalized spacial score (nSPS) is 11.5. The van der Waals surface area contributed by atoms with Gasteiger partial charge >= 0.3 is 12.1 Å². The molecule has 0 aliphatic heterocycles. The molecular formula is C20H14F4N2O2S. The monoisotopic (exact) mass is 422 g/mol. The number of halogens is 4. The summed E-state index contributed by atoms with van der Waals surface area (Å²) in [5.74, 6) is -1.63. The zero-order valence-corrected chi connectivity index (χ0v) is 15.8. The number of carboxylic acid groups (broad SMARTS) is 1. The second-order valence-electron chi connectivity index (χ2n) is 6.32. The van der Waals surface area contributed by atoms with Crippen molar-refractivity contribution in [1.82, 2.24) is 9.88 Å². The zero-order valence-electron chi connectivity index (χ0n) is 15.0. The first-order chi connectivity index (χ1) is 13.6. The lowest BCUT2D eigenvalue weighted by molar-refractivity contribution is -0.137. The number of thiocarbonyl (C=S) groups is 1. The number of aromatic nitrogens is 1. The predicted molar refractivity (Wildman–Crippen MR) is 104 cm³/mol. The molecule has 4 nitrogen and oxygen atoms in total. The van der Waals surface area contributed by atoms with Crippen LogP contribution in [0.3, 0.4) is 0 Å². The largest absolute Gasteiger partial charge is 0.480 e. The van der Waals surface area contributed by atoms with E-state index in [1.807, 2.05) is 0 Å². The minimum atomic E-state index is -4.65. The lowest BCUT2D eigenvalue weighted by Gasteiger charge is -2.21. The van der Waals surface area contributed by atoms with Gasteiger partial charge in [0, 0.05) is 23.6 Å². The van der Waals surface area contributed by atoms with Crippen LogP contribution in [0.25, 0.3) is 22.2 Å². The van der Waals surface area contributed by atoms with Crippen molar-refractivity contribution < 1.29 is 27.5 Å². The van der Waals surface area contributed by atoms with E-state index in [4.69, 9.17) is 17.3 Å². The molecule has 0 fully saturated rings. The number of hydrogen-bond donors (Lipinski definition) is 1. The summed E-state index contributed by atoms with van der Waals surface area (Å²) in [5.41, 5.74) is -0.462. The van der Waals surface area contributed by atoms with Crippen LogP contribution >= 0.6 is 12.2 Å². The highest BCUT2D eigenvalue weighted by Crippen LogP contribution is 2.36. The first-order valence-corrected chi connectivity index (χ1v) is 8.73. The van der Waals surface area contributed by atoms with Crippen LogP contribution in [0.4, 0.5) is 17.6 Å². The fraction of sp³-hybridized carbons (Fsp3) is 0.150. The molecule has 0 unspecified atom stereocenters. The van der Waals surface area contributed by atoms with Gasteiger partial charge in [0.15, 0.2) is 0 Å². The van der Waals surface area contributed by atoms with Gasteiger partial charge in [-0.05, 0) is 36.4 Å². The number of aliphatic carboxylic acids is 1. The van der Waals surface area contributed by atoms with Crippen LogP contribution in [0.1, 0.15) is 11.1 Å². The average Bonchev–Trinajstić information content (AvgIpc) is 2.65. The number of carboxylic acids is 1. The summed E-state index contributed by atoms with van der Waals surface area (Å²) in [5, 5.41) is 9.15. The van der Waals surface area contributed by atoms with Gasteiger partial charge < -0.3 is 10.0 Å². The van der Waals surface area contributed by atoms with Crippen LogP contribution in [0.15, 0.2) is 48.5 Å². The van der Waals surface area contributed by atoms with Gasteiger partial charge in [-0.2, -0.15) is 13.2 Å². The average molecular weight is 422 g/mol. The molecule has 0 saturated carbocycles. The van der Waals surface area contributed by atoms with Crippen molar-refractivity contribution in [2.75, 3.05) is 13.6 Å². The van der Waals surface area contributed by atoms with Crippen molar-refractivity contribution in [3.63, 3.8) is 0 Å². The van der Waals surface area contributed by atoms with Crippen LogP contribution in [-0.4, -0.2) is 39.5 Å². The number of likely N-dealkylation sites (N-methyl/N-ethyl adjacent to an activating group) is 1. The number of hydrogen-bond acceptors (Lipinski definition) is 3. The number of alkyl halides is 3. The van der Waals surface area contributed by atoms with Gasteiger partial charge in [-0.15, -0.1) is 0 Å². The highest BCUT2D eigenvalue weighted by molar-refractivity contribution is 7.80. The molecule has 0 aliphatic rings. The van der Waals surface area contributed by atoms with Crippen LogP contribution in [0.5, 0.6) is 0 Å². The molecular weight excluding hydrogens is 408 g/mol. The van der Waals surface area contributed by atoms with E-state index in [1.54, 1.807) is 0 Å². The van der Waals surface area contributed by atoms with Crippen molar-refractivity contribution >= 4 is 34.1 Å². The van der Waals surface area contributed by atoms with E-state index in [0.29, 0.717) is 5.56 Å². The molecule has 0 saturated heterocycles. The number of para-hydroxylation sites is 1. The van der Waals surface area contributed by atoms with E-state index in [9.17, 15) is 22.4 Å². The molecule has 3 rings (SSSR count). The van der Waals surface area contributed by atoms with E-state index in [0.717, 1.165) is 6.07 Å². The minimum Gasteiger partial charge on any atom is -0.480 e. The minimum absolute atomic E-state index is 0.0579. The Labute approximate surface area is 168 Å². The molecule has 2 aromatic carbocycles. The maximum Gasteiger partial charge on any atom is 0.418 e. The molecule has 0 radical (unpaired) electrons. The van der Waals surface area contributed by atoms with Crippen molar-refractivity contribution in [3.05, 3.63) is 65.5 Å². The van der Waals surface area contributed by atoms with E-state index in [-0.39, 0.29) is 27.1 Å². The van der Waals surface area contributed by atoms with E-state index in [1.165, 1.54) is 54.4 Å². The maximum absolute atomic E-state index is 13.6. The fourth-order valence-corrected chi connectivity index (χ4v) is 3.14. The van der Waals surface area contributed by atoms with Crippen molar-refractivity contribution in [2.24, 2.45) is 0 Å². The number of benzene rings is 2. The molecule has 9 heteroatoms. The molecule has 3 aromatic rings. The topological polar surface area (TPSA) is 53.4 Å². The highest BCUT2D eigenvalue weighted by Gasteiger charge is 2.34. The second kappa shape index (κ2) is 7.75. The predicted octanol–water partition coefficient (Wildman–Crippen LogP) is 4.75. The molecule has 29 heavy (non-hydrogen) atoms. The lowest BCUT2D eigenvalue weighted by Crippen LogP contribution is -2.31. The third kappa shape index (κ3) is 4.34. The van der Waals surface area contributed by atoms with E-state index >= 15 is 0 Å². The summed E-state index contributed by atoms with van der Waals surface area (Å²) < 4.78 is 53.9. The molecule has 0 spiro atoms. The summed E-state index contributed by atoms with van der Waals surface area (Å²) in [6.45, 7) is -0.423. The molecule has 150 valence electrons. The van der Waals surface area contributed by atoms with Crippen LogP contribution in [0.2, 0.25) is 0 Å². The van der Waals surface area contributed by atoms with Gasteiger partial charge in [0.25, 0.3) is 0 Å². The summed E-state index contributed by atoms with van der Waals surface area (Å²) in [7, 11) is 1.44. The Morgan fingerprint density at radius 2 is 1.83 bits per heavy atom. The van der Waals surface area contributed by atoms with Crippen LogP contribution < -0.4 is 0 Å². The first kappa shape index (κ1) is 20.7. The maximum atomic E-state index is 13.6. The van der Waals surface area contributed by atoms with Crippen molar-refractivity contribution in [2.45, 2.75) is 6.18 Å². The number of pyridine rings is 1. The van der Waals surface area contributed by atoms with Gasteiger partial charge in [0.1, 0.15) is 17.4 Å². The third-order valence-corrected chi connectivity index (χ3v) is 4.77. The molecule has 1 heterocycles. The van der Waals surface area contributed by atoms with Gasteiger partial charge in [0.2, 0.25) is 0 Å². The summed E-state index contributed by atoms with van der Waals surface area (Å²) >= 11 is 5.35. The zero-order chi connectivity index (χ0) is 21.3. The molecule has 0 bridgehead atoms. The Hall–Kier alpha value is -3.07. The Bertz CT molecular complexity index is 1100. The Balaban J connectivity index is 2.29. The molecule has 1 aromatic heterocycles. The Kier molecular flexibility index (Phi) is 5.52. The van der Waals surface area contributed by atoms with Gasteiger partial charge in [0.05, 0.1) is 16.8 Å². The molecule has 0 aliphatic carbocycles. The molecule has 0 amide bonds. The lowest BCUT2D eigenvalue weighted by atomic mass is 10.0. The molecule has 0 atom stereocenters. The van der Waals surface area contributed by atoms with E-state index < -0.39 is 30.1 Å². The smallest absolute Gasteiger partial charge is 0.418 e. The third-order valence-electron chi connectivity index (χ3n) is 4.23. The quantitative estimate of drug-likeness (QED) is 0.486. The van der Waals surface area contributed by atoms with Crippen molar-refractivity contribution in [1.29, 1.82) is 0 Å². The standard InChI is InChI=1S/C20H14F4N2O2S/c1-26(10-17(27)28)19(29)14-9-16(11-5-7-12(21)8-6-11)25-18-13(14)3-2-4-15(18)20(22,23)24/h2-9H,10H2,1H3,(H,27,28). The number of carbonyl (C=O) groups is 1. The van der Waals surface area contributed by atoms with Gasteiger partial charge in [-0.3, -0.25) is 4.79 Å². The van der Waals surface area contributed by atoms with Crippen molar-refractivity contribution in [3.8, 4) is 11.3 Å². The number of rotatable bonds is 4. The summed E-state index contributed by atoms with van der Waals surface area (Å²) in [6.07, 6.45) is -4.65. The second-order valence-corrected chi connectivity index (χ2v) is 6.70. The first-order valence-electron chi connectivity index (χ1n) is 8.32. The van der Waals surface area contributed by atoms with Crippen LogP contribution in [-0.2, 0) is 11.0 Å². The summed E-state index contributed by atoms with van der Waals surface area (Å²) in [4.78, 5) is 16.5.